The van der Waals surface area contributed by atoms with Crippen LogP contribution in [-0.4, -0.2) is 42.8 Å². The second kappa shape index (κ2) is 11.6. The molecule has 3 N–H and O–H groups in total. The molecular weight excluding hydrogens is 444 g/mol. The molecule has 0 spiro atoms. The highest BCUT2D eigenvalue weighted by Gasteiger charge is 2.30. The Morgan fingerprint density at radius 2 is 1.60 bits per heavy atom. The van der Waals surface area contributed by atoms with Crippen molar-refractivity contribution in [2.45, 2.75) is 38.0 Å². The number of carboxylic acid groups (broad SMARTS) is 1. The molecule has 7 heteroatoms. The third kappa shape index (κ3) is 6.21. The molecule has 0 aliphatic heterocycles. The molecule has 7 nitrogen and oxygen atoms in total. The van der Waals surface area contributed by atoms with Crippen LogP contribution in [0.2, 0.25) is 0 Å². The summed E-state index contributed by atoms with van der Waals surface area (Å²) in [4.78, 5) is 35.8. The Labute approximate surface area is 205 Å². The summed E-state index contributed by atoms with van der Waals surface area (Å²) in [5.41, 5.74) is 4.61. The summed E-state index contributed by atoms with van der Waals surface area (Å²) in [5.74, 6) is 2.90. The summed E-state index contributed by atoms with van der Waals surface area (Å²) >= 11 is 0. The largest absolute Gasteiger partial charge is 0.472 e. The SMILES string of the molecule is O=C(O)C#CCNC(=O)C(CNC(=O)OCC1c2ccccc2-c2ccccc21)CC1CCCC1. The van der Waals surface area contributed by atoms with Gasteiger partial charge in [0.25, 0.3) is 0 Å². The first kappa shape index (κ1) is 24.3. The molecule has 1 atom stereocenters. The van der Waals surface area contributed by atoms with Crippen LogP contribution in [0.25, 0.3) is 11.1 Å². The third-order valence-electron chi connectivity index (χ3n) is 6.85. The summed E-state index contributed by atoms with van der Waals surface area (Å²) in [6.45, 7) is 0.326. The lowest BCUT2D eigenvalue weighted by molar-refractivity contribution is -0.130. The van der Waals surface area contributed by atoms with Crippen LogP contribution in [0.3, 0.4) is 0 Å². The lowest BCUT2D eigenvalue weighted by atomic mass is 9.92. The zero-order valence-electron chi connectivity index (χ0n) is 19.6. The summed E-state index contributed by atoms with van der Waals surface area (Å²) in [5, 5.41) is 14.0. The van der Waals surface area contributed by atoms with Gasteiger partial charge in [-0.15, -0.1) is 0 Å². The first-order chi connectivity index (χ1) is 17.0. The van der Waals surface area contributed by atoms with Gasteiger partial charge < -0.3 is 20.5 Å². The van der Waals surface area contributed by atoms with E-state index in [2.05, 4.69) is 40.8 Å². The molecular formula is C28H30N2O5. The number of carbonyl (C=O) groups is 3. The highest BCUT2D eigenvalue weighted by atomic mass is 16.5. The monoisotopic (exact) mass is 474 g/mol. The van der Waals surface area contributed by atoms with E-state index in [0.717, 1.165) is 47.9 Å². The summed E-state index contributed by atoms with van der Waals surface area (Å²) in [6.07, 6.45) is 4.58. The second-order valence-electron chi connectivity index (χ2n) is 9.11. The Kier molecular flexibility index (Phi) is 8.04. The van der Waals surface area contributed by atoms with Crippen LogP contribution in [0.5, 0.6) is 0 Å². The Bertz CT molecular complexity index is 1100. The van der Waals surface area contributed by atoms with E-state index in [9.17, 15) is 14.4 Å². The van der Waals surface area contributed by atoms with Gasteiger partial charge >= 0.3 is 12.1 Å². The number of hydrogen-bond acceptors (Lipinski definition) is 4. The molecule has 0 heterocycles. The summed E-state index contributed by atoms with van der Waals surface area (Å²) in [6, 6.07) is 16.3. The van der Waals surface area contributed by atoms with Gasteiger partial charge in [-0.25, -0.2) is 9.59 Å². The van der Waals surface area contributed by atoms with Gasteiger partial charge in [0.15, 0.2) is 0 Å². The first-order valence-electron chi connectivity index (χ1n) is 12.1. The minimum absolute atomic E-state index is 0.0291. The predicted octanol–water partition coefficient (Wildman–Crippen LogP) is 3.93. The molecule has 2 aromatic carbocycles. The standard InChI is InChI=1S/C28H30N2O5/c31-26(32)14-7-15-29-27(33)20(16-19-8-1-2-9-19)17-30-28(34)35-18-25-23-12-5-3-10-21(23)22-11-4-6-13-24(22)25/h3-6,10-13,19-20,25H,1-2,8-9,15-18H2,(H,29,33)(H,30,34)(H,31,32). The molecule has 1 saturated carbocycles. The quantitative estimate of drug-likeness (QED) is 0.503. The number of rotatable bonds is 8. The Morgan fingerprint density at radius 3 is 2.23 bits per heavy atom. The number of aliphatic carboxylic acids is 1. The number of carbonyl (C=O) groups excluding carboxylic acids is 2. The van der Waals surface area contributed by atoms with Crippen molar-refractivity contribution in [1.29, 1.82) is 0 Å². The van der Waals surface area contributed by atoms with Crippen LogP contribution < -0.4 is 10.6 Å². The van der Waals surface area contributed by atoms with E-state index >= 15 is 0 Å². The minimum Gasteiger partial charge on any atom is -0.472 e. The maximum Gasteiger partial charge on any atom is 0.407 e. The van der Waals surface area contributed by atoms with E-state index in [1.807, 2.05) is 30.2 Å². The molecule has 0 bridgehead atoms. The molecule has 2 aliphatic rings. The van der Waals surface area contributed by atoms with Crippen LogP contribution in [0, 0.1) is 23.7 Å². The van der Waals surface area contributed by atoms with E-state index in [1.165, 1.54) is 0 Å². The van der Waals surface area contributed by atoms with E-state index in [1.54, 1.807) is 0 Å². The van der Waals surface area contributed by atoms with Gasteiger partial charge in [0.1, 0.15) is 6.61 Å². The average molecular weight is 475 g/mol. The number of amides is 2. The van der Waals surface area contributed by atoms with Gasteiger partial charge in [-0.1, -0.05) is 80.1 Å². The van der Waals surface area contributed by atoms with Crippen molar-refractivity contribution < 1.29 is 24.2 Å². The highest BCUT2D eigenvalue weighted by Crippen LogP contribution is 2.44. The van der Waals surface area contributed by atoms with Gasteiger partial charge in [-0.05, 0) is 34.6 Å². The van der Waals surface area contributed by atoms with Crippen LogP contribution in [0.15, 0.2) is 48.5 Å². The third-order valence-corrected chi connectivity index (χ3v) is 6.85. The average Bonchev–Trinajstić information content (AvgIpc) is 3.49. The number of fused-ring (bicyclic) bond motifs is 3. The van der Waals surface area contributed by atoms with Crippen LogP contribution >= 0.6 is 0 Å². The number of nitrogens with one attached hydrogen (secondary N) is 2. The van der Waals surface area contributed by atoms with Gasteiger partial charge in [0, 0.05) is 18.4 Å². The van der Waals surface area contributed by atoms with E-state index < -0.39 is 18.0 Å². The van der Waals surface area contributed by atoms with E-state index in [0.29, 0.717) is 12.3 Å². The number of alkyl carbamates (subject to hydrolysis) is 1. The molecule has 35 heavy (non-hydrogen) atoms. The number of carboxylic acids is 1. The van der Waals surface area contributed by atoms with Gasteiger partial charge in [0.2, 0.25) is 5.91 Å². The Morgan fingerprint density at radius 1 is 0.971 bits per heavy atom. The number of ether oxygens (including phenoxy) is 1. The maximum atomic E-state index is 12.7. The van der Waals surface area contributed by atoms with Crippen molar-refractivity contribution in [2.75, 3.05) is 19.7 Å². The lowest BCUT2D eigenvalue weighted by Crippen LogP contribution is -2.40. The van der Waals surface area contributed by atoms with Crippen molar-refractivity contribution in [2.24, 2.45) is 11.8 Å². The van der Waals surface area contributed by atoms with Crippen molar-refractivity contribution in [1.82, 2.24) is 10.6 Å². The van der Waals surface area contributed by atoms with Crippen LogP contribution in [-0.2, 0) is 14.3 Å². The topological polar surface area (TPSA) is 105 Å². The van der Waals surface area contributed by atoms with Crippen molar-refractivity contribution >= 4 is 18.0 Å². The Hall–Kier alpha value is -3.79. The number of hydrogen-bond donors (Lipinski definition) is 3. The predicted molar refractivity (Wildman–Crippen MR) is 132 cm³/mol. The summed E-state index contributed by atoms with van der Waals surface area (Å²) in [7, 11) is 0. The molecule has 2 aliphatic carbocycles. The first-order valence-corrected chi connectivity index (χ1v) is 12.1. The van der Waals surface area contributed by atoms with Gasteiger partial charge in [0.05, 0.1) is 12.5 Å². The fourth-order valence-corrected chi connectivity index (χ4v) is 5.18. The van der Waals surface area contributed by atoms with Crippen molar-refractivity contribution in [3.63, 3.8) is 0 Å². The maximum absolute atomic E-state index is 12.7. The molecule has 1 fully saturated rings. The number of benzene rings is 2. The van der Waals surface area contributed by atoms with Crippen molar-refractivity contribution in [3.05, 3.63) is 59.7 Å². The van der Waals surface area contributed by atoms with E-state index in [-0.39, 0.29) is 31.5 Å². The molecule has 0 aromatic heterocycles. The van der Waals surface area contributed by atoms with Crippen LogP contribution in [0.4, 0.5) is 4.79 Å². The zero-order valence-corrected chi connectivity index (χ0v) is 19.6. The minimum atomic E-state index is -1.24. The highest BCUT2D eigenvalue weighted by molar-refractivity contribution is 5.86. The fraction of sp³-hybridized carbons (Fsp3) is 0.393. The lowest BCUT2D eigenvalue weighted by Gasteiger charge is -2.20. The fourth-order valence-electron chi connectivity index (χ4n) is 5.18. The van der Waals surface area contributed by atoms with E-state index in [4.69, 9.17) is 9.84 Å². The van der Waals surface area contributed by atoms with Gasteiger partial charge in [-0.2, -0.15) is 0 Å². The normalized spacial score (nSPS) is 15.3. The van der Waals surface area contributed by atoms with Crippen LogP contribution in [0.1, 0.15) is 49.1 Å². The smallest absolute Gasteiger partial charge is 0.407 e. The van der Waals surface area contributed by atoms with Crippen molar-refractivity contribution in [3.8, 4) is 23.0 Å². The molecule has 182 valence electrons. The molecule has 1 unspecified atom stereocenters. The van der Waals surface area contributed by atoms with Gasteiger partial charge in [-0.3, -0.25) is 4.79 Å². The molecule has 2 aromatic rings. The second-order valence-corrected chi connectivity index (χ2v) is 9.11. The zero-order chi connectivity index (χ0) is 24.6. The summed E-state index contributed by atoms with van der Waals surface area (Å²) < 4.78 is 5.60. The molecule has 2 amide bonds. The molecule has 0 saturated heterocycles. The molecule has 0 radical (unpaired) electrons. The molecule has 4 rings (SSSR count). The Balaban J connectivity index is 1.33.